The summed E-state index contributed by atoms with van der Waals surface area (Å²) in [5.74, 6) is -4.29. The zero-order chi connectivity index (χ0) is 25.8. The van der Waals surface area contributed by atoms with Gasteiger partial charge in [-0.2, -0.15) is 9.97 Å². The summed E-state index contributed by atoms with van der Waals surface area (Å²) in [5.41, 5.74) is 1.09. The number of hydrogen-bond acceptors (Lipinski definition) is 9. The summed E-state index contributed by atoms with van der Waals surface area (Å²) in [6.45, 7) is 3.79. The van der Waals surface area contributed by atoms with E-state index in [0.29, 0.717) is 23.0 Å². The van der Waals surface area contributed by atoms with Crippen LogP contribution in [0.2, 0.25) is 5.28 Å². The molecule has 0 bridgehead atoms. The number of nitrogens with one attached hydrogen (secondary N) is 1. The second kappa shape index (κ2) is 9.84. The number of halogens is 3. The van der Waals surface area contributed by atoms with E-state index in [4.69, 9.17) is 48.3 Å². The van der Waals surface area contributed by atoms with Crippen molar-refractivity contribution in [3.8, 4) is 0 Å². The maximum Gasteiger partial charge on any atom is 0.262 e. The minimum atomic E-state index is -3.55. The van der Waals surface area contributed by atoms with E-state index < -0.39 is 48.2 Å². The van der Waals surface area contributed by atoms with Gasteiger partial charge in [0.2, 0.25) is 11.2 Å². The van der Waals surface area contributed by atoms with E-state index in [1.165, 1.54) is 17.7 Å². The molecule has 2 saturated heterocycles. The number of likely N-dealkylation sites (N-methyl/N-ethyl adjacent to an activating group) is 1. The fraction of sp³-hybridized carbons (Fsp3) is 0.714. The number of imidazole rings is 1. The number of amides is 1. The molecule has 0 aromatic carbocycles. The molecule has 36 heavy (non-hydrogen) atoms. The van der Waals surface area contributed by atoms with Crippen LogP contribution in [0.4, 0.5) is 5.82 Å². The highest BCUT2D eigenvalue weighted by Gasteiger charge is 2.56. The number of carbonyl (C=O) groups is 1. The molecule has 3 aliphatic rings. The molecule has 0 spiro atoms. The van der Waals surface area contributed by atoms with Gasteiger partial charge in [0.25, 0.3) is 5.85 Å². The highest BCUT2D eigenvalue weighted by Crippen LogP contribution is 2.56. The zero-order valence-corrected chi connectivity index (χ0v) is 23.2. The number of carbonyl (C=O) groups excluding carboxylic acids is 1. The Hall–Kier alpha value is -1.20. The molecule has 5 rings (SSSR count). The van der Waals surface area contributed by atoms with Crippen molar-refractivity contribution in [1.29, 1.82) is 0 Å². The van der Waals surface area contributed by atoms with Crippen molar-refractivity contribution in [2.24, 2.45) is 0 Å². The number of anilines is 1. The second-order valence-electron chi connectivity index (χ2n) is 9.92. The molecule has 1 saturated carbocycles. The standard InChI is InChI=1S/C21H28Cl3N6O5P/c1-21(2)34-15-12(8-29(3)13(31)9-36(23,24)32)33-19(16(15)35-21)30-10-25-14-17(26-11-6-4-5-7-11)27-20(22)28-18(14)30/h10-12,15-16,19H,4-9H2,1-3H3,(H,26,27,28)/t12-,15-,16-,19-/m1/s1. The Kier molecular flexibility index (Phi) is 7.22. The zero-order valence-electron chi connectivity index (χ0n) is 20.1. The molecule has 15 heteroatoms. The van der Waals surface area contributed by atoms with Gasteiger partial charge in [-0.3, -0.25) is 13.9 Å². The second-order valence-corrected chi connectivity index (χ2v) is 15.5. The van der Waals surface area contributed by atoms with Crippen LogP contribution in [0.15, 0.2) is 6.33 Å². The Labute approximate surface area is 223 Å². The fourth-order valence-corrected chi connectivity index (χ4v) is 6.45. The third-order valence-corrected chi connectivity index (χ3v) is 8.21. The third kappa shape index (κ3) is 5.48. The Morgan fingerprint density at radius 3 is 2.64 bits per heavy atom. The van der Waals surface area contributed by atoms with Gasteiger partial charge in [0.05, 0.1) is 6.33 Å². The van der Waals surface area contributed by atoms with Gasteiger partial charge in [0.15, 0.2) is 29.0 Å². The lowest BCUT2D eigenvalue weighted by atomic mass is 10.1. The van der Waals surface area contributed by atoms with Crippen LogP contribution in [0, 0.1) is 0 Å². The van der Waals surface area contributed by atoms with E-state index in [1.807, 2.05) is 13.8 Å². The Morgan fingerprint density at radius 1 is 1.25 bits per heavy atom. The largest absolute Gasteiger partial charge is 0.365 e. The van der Waals surface area contributed by atoms with E-state index in [1.54, 1.807) is 17.9 Å². The summed E-state index contributed by atoms with van der Waals surface area (Å²) in [4.78, 5) is 27.2. The molecule has 2 aromatic heterocycles. The topological polar surface area (TPSA) is 121 Å². The summed E-state index contributed by atoms with van der Waals surface area (Å²) in [6, 6.07) is 0.317. The lowest BCUT2D eigenvalue weighted by Gasteiger charge is -2.27. The maximum atomic E-state index is 12.5. The molecule has 1 amide bonds. The van der Waals surface area contributed by atoms with Crippen molar-refractivity contribution < 1.29 is 23.6 Å². The van der Waals surface area contributed by atoms with Crippen LogP contribution >= 0.6 is 39.9 Å². The molecule has 1 aliphatic carbocycles. The van der Waals surface area contributed by atoms with Crippen LogP contribution < -0.4 is 5.32 Å². The summed E-state index contributed by atoms with van der Waals surface area (Å²) >= 11 is 17.5. The smallest absolute Gasteiger partial charge is 0.262 e. The average molecular weight is 582 g/mol. The molecule has 4 atom stereocenters. The predicted molar refractivity (Wildman–Crippen MR) is 136 cm³/mol. The Balaban J connectivity index is 1.42. The number of hydrogen-bond donors (Lipinski definition) is 1. The van der Waals surface area contributed by atoms with Gasteiger partial charge in [-0.15, -0.1) is 0 Å². The molecule has 0 radical (unpaired) electrons. The van der Waals surface area contributed by atoms with Gasteiger partial charge in [-0.1, -0.05) is 12.8 Å². The van der Waals surface area contributed by atoms with Gasteiger partial charge in [-0.05, 0) is 60.8 Å². The summed E-state index contributed by atoms with van der Waals surface area (Å²) in [7, 11) is 1.57. The first kappa shape index (κ1) is 26.4. The molecular formula is C21H28Cl3N6O5P. The average Bonchev–Trinajstić information content (AvgIpc) is 3.52. The lowest BCUT2D eigenvalue weighted by Crippen LogP contribution is -2.41. The van der Waals surface area contributed by atoms with Crippen LogP contribution in [-0.2, 0) is 23.6 Å². The van der Waals surface area contributed by atoms with E-state index in [0.717, 1.165) is 12.8 Å². The van der Waals surface area contributed by atoms with Crippen molar-refractivity contribution in [1.82, 2.24) is 24.4 Å². The van der Waals surface area contributed by atoms with Crippen LogP contribution in [0.25, 0.3) is 11.2 Å². The van der Waals surface area contributed by atoms with E-state index >= 15 is 0 Å². The number of rotatable bonds is 7. The Morgan fingerprint density at radius 2 is 1.94 bits per heavy atom. The van der Waals surface area contributed by atoms with Crippen molar-refractivity contribution in [2.75, 3.05) is 25.1 Å². The normalized spacial score (nSPS) is 28.1. The highest BCUT2D eigenvalue weighted by atomic mass is 35.9. The lowest BCUT2D eigenvalue weighted by molar-refractivity contribution is -0.197. The molecule has 2 aliphatic heterocycles. The molecule has 2 aromatic rings. The molecule has 198 valence electrons. The number of nitrogens with zero attached hydrogens (tertiary/aromatic N) is 5. The summed E-state index contributed by atoms with van der Waals surface area (Å²) in [6.07, 6.45) is 3.46. The summed E-state index contributed by atoms with van der Waals surface area (Å²) < 4.78 is 32.2. The van der Waals surface area contributed by atoms with Gasteiger partial charge in [0.1, 0.15) is 24.5 Å². The third-order valence-electron chi connectivity index (χ3n) is 6.69. The van der Waals surface area contributed by atoms with Gasteiger partial charge in [0, 0.05) is 19.6 Å². The molecule has 4 heterocycles. The highest BCUT2D eigenvalue weighted by molar-refractivity contribution is 8.09. The van der Waals surface area contributed by atoms with Crippen LogP contribution in [0.3, 0.4) is 0 Å². The molecular weight excluding hydrogens is 554 g/mol. The monoisotopic (exact) mass is 580 g/mol. The van der Waals surface area contributed by atoms with Crippen molar-refractivity contribution in [3.63, 3.8) is 0 Å². The van der Waals surface area contributed by atoms with Crippen molar-refractivity contribution in [2.45, 2.75) is 75.9 Å². The molecule has 1 N–H and O–H groups in total. The molecule has 11 nitrogen and oxygen atoms in total. The number of ether oxygens (including phenoxy) is 3. The predicted octanol–water partition coefficient (Wildman–Crippen LogP) is 4.38. The SMILES string of the molecule is CN(C[C@H]1O[C@@H](n2cnc3c(NC4CCCC4)nc(Cl)nc32)[C@@H]2OC(C)(C)O[C@@H]21)C(=O)CP(=O)(Cl)Cl. The van der Waals surface area contributed by atoms with E-state index in [-0.39, 0.29) is 11.8 Å². The minimum absolute atomic E-state index is 0.0941. The maximum absolute atomic E-state index is 12.5. The van der Waals surface area contributed by atoms with Gasteiger partial charge in [-0.25, -0.2) is 4.98 Å². The quantitative estimate of drug-likeness (QED) is 0.375. The Bertz CT molecular complexity index is 1200. The fourth-order valence-electron chi connectivity index (χ4n) is 5.12. The van der Waals surface area contributed by atoms with Crippen molar-refractivity contribution >= 4 is 62.8 Å². The number of fused-ring (bicyclic) bond motifs is 2. The first-order chi connectivity index (χ1) is 16.9. The van der Waals surface area contributed by atoms with Crippen LogP contribution in [0.1, 0.15) is 45.8 Å². The first-order valence-corrected chi connectivity index (χ1v) is 15.9. The minimum Gasteiger partial charge on any atom is -0.365 e. The first-order valence-electron chi connectivity index (χ1n) is 11.8. The van der Waals surface area contributed by atoms with Crippen LogP contribution in [-0.4, -0.2) is 80.2 Å². The van der Waals surface area contributed by atoms with Crippen molar-refractivity contribution in [3.05, 3.63) is 11.6 Å². The van der Waals surface area contributed by atoms with Crippen LogP contribution in [0.5, 0.6) is 0 Å². The van der Waals surface area contributed by atoms with E-state index in [9.17, 15) is 9.36 Å². The molecule has 3 fully saturated rings. The van der Waals surface area contributed by atoms with Gasteiger partial charge >= 0.3 is 0 Å². The van der Waals surface area contributed by atoms with E-state index in [2.05, 4.69) is 20.3 Å². The summed E-state index contributed by atoms with van der Waals surface area (Å²) in [5, 5.41) is 3.55. The van der Waals surface area contributed by atoms with Gasteiger partial charge < -0.3 is 24.4 Å². The number of aromatic nitrogens is 4. The molecule has 0 unspecified atom stereocenters.